The van der Waals surface area contributed by atoms with E-state index in [1.165, 1.54) is 24.3 Å². The average Bonchev–Trinajstić information content (AvgIpc) is 3.44. The fraction of sp³-hybridized carbons (Fsp3) is 0.214. The molecule has 0 spiro atoms. The first kappa shape index (κ1) is 31.9. The number of para-hydroxylation sites is 2. The number of alkyl halides is 1. The molecular weight excluding hydrogens is 623 g/mol. The molecule has 1 aromatic heterocycles. The molecule has 0 bridgehead atoms. The molecule has 15 heteroatoms. The highest BCUT2D eigenvalue weighted by Crippen LogP contribution is 2.46. The molecule has 43 heavy (non-hydrogen) atoms. The standard InChI is InChI=1S/C28H22F6NO6PS/c1-3-10-39-27(36)13(2)35-16-6-4-5-7-17(16)41-42(38)26(34)14-8-9-18-15(11-14)12-19(43-18)28(37)40-25-23(32)21(30)20(29)22(31)24(25)33/h4-9,11-13,26,35,42H,3,10H2,1-2H3/t13?,26-/m0/s1. The number of rotatable bonds is 11. The minimum absolute atomic E-state index is 0.0268. The maximum atomic E-state index is 15.3. The number of hydrogen-bond donors (Lipinski definition) is 1. The van der Waals surface area contributed by atoms with Crippen LogP contribution in [0.5, 0.6) is 11.5 Å². The van der Waals surface area contributed by atoms with Gasteiger partial charge in [-0.25, -0.2) is 27.2 Å². The van der Waals surface area contributed by atoms with E-state index in [2.05, 4.69) is 10.1 Å². The van der Waals surface area contributed by atoms with Crippen LogP contribution in [0.25, 0.3) is 10.1 Å². The second-order valence-corrected chi connectivity index (χ2v) is 11.4. The number of fused-ring (bicyclic) bond motifs is 1. The van der Waals surface area contributed by atoms with Gasteiger partial charge in [-0.3, -0.25) is 4.57 Å². The zero-order chi connectivity index (χ0) is 31.4. The van der Waals surface area contributed by atoms with Crippen LogP contribution in [0.15, 0.2) is 48.5 Å². The number of benzene rings is 3. The van der Waals surface area contributed by atoms with Crippen LogP contribution in [0.4, 0.5) is 32.0 Å². The van der Waals surface area contributed by atoms with E-state index in [1.54, 1.807) is 25.1 Å². The Bertz CT molecular complexity index is 1690. The van der Waals surface area contributed by atoms with Crippen molar-refractivity contribution in [3.63, 3.8) is 0 Å². The summed E-state index contributed by atoms with van der Waals surface area (Å²) in [6.45, 7) is 3.64. The molecule has 1 N–H and O–H groups in total. The van der Waals surface area contributed by atoms with Gasteiger partial charge in [0.25, 0.3) is 8.03 Å². The molecule has 0 fully saturated rings. The Labute approximate surface area is 245 Å². The SMILES string of the molecule is CCCOC(=O)C(C)Nc1ccccc1O[PH](=O)[C@H](F)c1ccc2sc(C(=O)Oc3c(F)c(F)c(F)c(F)c3F)cc2c1. The lowest BCUT2D eigenvalue weighted by Gasteiger charge is -2.18. The Kier molecular flexibility index (Phi) is 10.0. The van der Waals surface area contributed by atoms with E-state index < -0.39 is 66.8 Å². The van der Waals surface area contributed by atoms with Gasteiger partial charge >= 0.3 is 11.9 Å². The molecule has 0 aliphatic rings. The van der Waals surface area contributed by atoms with Crippen LogP contribution in [-0.2, 0) is 14.1 Å². The molecule has 0 amide bonds. The zero-order valence-electron chi connectivity index (χ0n) is 22.3. The highest BCUT2D eigenvalue weighted by molar-refractivity contribution is 7.39. The topological polar surface area (TPSA) is 90.9 Å². The van der Waals surface area contributed by atoms with E-state index in [0.29, 0.717) is 11.1 Å². The number of nitrogens with one attached hydrogen (secondary N) is 1. The van der Waals surface area contributed by atoms with Gasteiger partial charge in [0.2, 0.25) is 40.7 Å². The second-order valence-electron chi connectivity index (χ2n) is 9.01. The second kappa shape index (κ2) is 13.5. The first-order chi connectivity index (χ1) is 20.4. The maximum Gasteiger partial charge on any atom is 0.353 e. The third kappa shape index (κ3) is 6.97. The summed E-state index contributed by atoms with van der Waals surface area (Å²) in [6.07, 6.45) is 0.638. The van der Waals surface area contributed by atoms with E-state index in [4.69, 9.17) is 9.26 Å². The first-order valence-corrected chi connectivity index (χ1v) is 14.8. The largest absolute Gasteiger partial charge is 0.464 e. The van der Waals surface area contributed by atoms with Crippen molar-refractivity contribution in [2.75, 3.05) is 11.9 Å². The van der Waals surface area contributed by atoms with Crippen molar-refractivity contribution >= 4 is 47.1 Å². The zero-order valence-corrected chi connectivity index (χ0v) is 24.1. The number of carbonyl (C=O) groups excluding carboxylic acids is 2. The summed E-state index contributed by atoms with van der Waals surface area (Å²) in [4.78, 5) is 24.3. The smallest absolute Gasteiger partial charge is 0.353 e. The summed E-state index contributed by atoms with van der Waals surface area (Å²) >= 11 is 0.743. The van der Waals surface area contributed by atoms with Crippen molar-refractivity contribution in [2.45, 2.75) is 32.2 Å². The van der Waals surface area contributed by atoms with Crippen LogP contribution in [0.3, 0.4) is 0 Å². The van der Waals surface area contributed by atoms with Crippen LogP contribution < -0.4 is 14.6 Å². The van der Waals surface area contributed by atoms with E-state index in [-0.39, 0.29) is 33.9 Å². The van der Waals surface area contributed by atoms with Gasteiger partial charge in [0, 0.05) is 4.70 Å². The maximum absolute atomic E-state index is 15.3. The van der Waals surface area contributed by atoms with Crippen LogP contribution >= 0.6 is 19.4 Å². The summed E-state index contributed by atoms with van der Waals surface area (Å²) in [5.74, 6) is -17.4. The van der Waals surface area contributed by atoms with Crippen LogP contribution in [0.2, 0.25) is 0 Å². The lowest BCUT2D eigenvalue weighted by atomic mass is 10.2. The molecule has 0 aliphatic heterocycles. The monoisotopic (exact) mass is 645 g/mol. The van der Waals surface area contributed by atoms with Crippen LogP contribution in [0, 0.1) is 29.1 Å². The molecule has 4 aromatic rings. The molecule has 3 aromatic carbocycles. The van der Waals surface area contributed by atoms with Crippen LogP contribution in [-0.4, -0.2) is 24.6 Å². The molecule has 0 saturated carbocycles. The third-order valence-electron chi connectivity index (χ3n) is 5.88. The molecule has 3 atom stereocenters. The van der Waals surface area contributed by atoms with Crippen molar-refractivity contribution in [3.05, 3.63) is 88.1 Å². The minimum Gasteiger partial charge on any atom is -0.464 e. The van der Waals surface area contributed by atoms with Gasteiger partial charge < -0.3 is 19.3 Å². The summed E-state index contributed by atoms with van der Waals surface area (Å²) in [5.41, 5.74) is 0.190. The molecule has 4 rings (SSSR count). The minimum atomic E-state index is -3.45. The van der Waals surface area contributed by atoms with Crippen molar-refractivity contribution < 1.29 is 54.5 Å². The van der Waals surface area contributed by atoms with Gasteiger partial charge in [0.15, 0.2) is 0 Å². The molecule has 7 nitrogen and oxygen atoms in total. The Morgan fingerprint density at radius 3 is 2.28 bits per heavy atom. The van der Waals surface area contributed by atoms with Gasteiger partial charge in [-0.1, -0.05) is 25.1 Å². The summed E-state index contributed by atoms with van der Waals surface area (Å²) in [6, 6.07) is 10.5. The summed E-state index contributed by atoms with van der Waals surface area (Å²) in [5, 5.41) is 3.12. The Morgan fingerprint density at radius 1 is 0.953 bits per heavy atom. The van der Waals surface area contributed by atoms with Gasteiger partial charge in [-0.2, -0.15) is 8.78 Å². The molecule has 0 saturated heterocycles. The van der Waals surface area contributed by atoms with Crippen molar-refractivity contribution in [2.24, 2.45) is 0 Å². The first-order valence-electron chi connectivity index (χ1n) is 12.6. The van der Waals surface area contributed by atoms with E-state index in [9.17, 15) is 36.1 Å². The molecular formula is C28H22F6NO6PS. The van der Waals surface area contributed by atoms with Gasteiger partial charge in [-0.15, -0.1) is 11.3 Å². The lowest BCUT2D eigenvalue weighted by Crippen LogP contribution is -2.28. The quantitative estimate of drug-likeness (QED) is 0.0440. The number of carbonyl (C=O) groups is 2. The van der Waals surface area contributed by atoms with Crippen molar-refractivity contribution in [1.82, 2.24) is 0 Å². The fourth-order valence-corrected chi connectivity index (χ4v) is 5.60. The Balaban J connectivity index is 1.49. The molecule has 0 aliphatic carbocycles. The van der Waals surface area contributed by atoms with Gasteiger partial charge in [0.1, 0.15) is 16.7 Å². The highest BCUT2D eigenvalue weighted by atomic mass is 32.1. The molecule has 2 unspecified atom stereocenters. The third-order valence-corrected chi connectivity index (χ3v) is 8.14. The average molecular weight is 646 g/mol. The summed E-state index contributed by atoms with van der Waals surface area (Å²) < 4.78 is 112. The van der Waals surface area contributed by atoms with E-state index in [1.807, 2.05) is 6.92 Å². The summed E-state index contributed by atoms with van der Waals surface area (Å²) in [7, 11) is -3.45. The van der Waals surface area contributed by atoms with Gasteiger partial charge in [0.05, 0.1) is 12.3 Å². The van der Waals surface area contributed by atoms with E-state index in [0.717, 1.165) is 17.4 Å². The molecule has 0 radical (unpaired) electrons. The number of halogens is 6. The molecule has 228 valence electrons. The number of esters is 2. The van der Waals surface area contributed by atoms with Crippen molar-refractivity contribution in [1.29, 1.82) is 0 Å². The predicted octanol–water partition coefficient (Wildman–Crippen LogP) is 8.09. The fourth-order valence-electron chi connectivity index (χ4n) is 3.73. The number of thiophene rings is 1. The normalized spacial score (nSPS) is 13.3. The van der Waals surface area contributed by atoms with Gasteiger partial charge in [-0.05, 0) is 54.6 Å². The number of ether oxygens (including phenoxy) is 2. The van der Waals surface area contributed by atoms with Crippen molar-refractivity contribution in [3.8, 4) is 11.5 Å². The Morgan fingerprint density at radius 2 is 1.60 bits per heavy atom. The number of hydrogen-bond acceptors (Lipinski definition) is 8. The lowest BCUT2D eigenvalue weighted by molar-refractivity contribution is -0.144. The van der Waals surface area contributed by atoms with E-state index >= 15 is 4.39 Å². The highest BCUT2D eigenvalue weighted by Gasteiger charge is 2.29. The van der Waals surface area contributed by atoms with Crippen LogP contribution in [0.1, 0.15) is 41.4 Å². The molecule has 1 heterocycles. The predicted molar refractivity (Wildman–Crippen MR) is 147 cm³/mol. The Hall–Kier alpha value is -4.03. The number of anilines is 1.